The number of carbonyl (C=O) groups is 3. The summed E-state index contributed by atoms with van der Waals surface area (Å²) in [7, 11) is 0. The van der Waals surface area contributed by atoms with Gasteiger partial charge in [-0.25, -0.2) is 13.5 Å². The van der Waals surface area contributed by atoms with Gasteiger partial charge in [0, 0.05) is 27.3 Å². The first-order chi connectivity index (χ1) is 19.0. The van der Waals surface area contributed by atoms with Crippen LogP contribution in [0.5, 0.6) is 0 Å². The number of aromatic nitrogens is 3. The number of halogens is 3. The fourth-order valence-electron chi connectivity index (χ4n) is 5.57. The summed E-state index contributed by atoms with van der Waals surface area (Å²) in [4.78, 5) is 40.8. The summed E-state index contributed by atoms with van der Waals surface area (Å²) in [6, 6.07) is 7.96. The molecule has 11 heteroatoms. The van der Waals surface area contributed by atoms with Crippen molar-refractivity contribution in [3.8, 4) is 11.3 Å². The summed E-state index contributed by atoms with van der Waals surface area (Å²) in [5.41, 5.74) is 1.00. The summed E-state index contributed by atoms with van der Waals surface area (Å²) in [6.45, 7) is 7.11. The fraction of sp³-hybridized carbons (Fsp3) is 0.345. The second kappa shape index (κ2) is 10.7. The Morgan fingerprint density at radius 3 is 2.48 bits per heavy atom. The van der Waals surface area contributed by atoms with Crippen molar-refractivity contribution in [3.63, 3.8) is 0 Å². The van der Waals surface area contributed by atoms with Crippen LogP contribution in [0.15, 0.2) is 59.2 Å². The van der Waals surface area contributed by atoms with Crippen LogP contribution in [0.1, 0.15) is 39.3 Å². The maximum absolute atomic E-state index is 14.9. The van der Waals surface area contributed by atoms with Crippen molar-refractivity contribution < 1.29 is 23.2 Å². The quantitative estimate of drug-likeness (QED) is 0.299. The van der Waals surface area contributed by atoms with Gasteiger partial charge in [0.2, 0.25) is 17.7 Å². The van der Waals surface area contributed by atoms with Crippen molar-refractivity contribution in [2.75, 3.05) is 5.32 Å². The molecule has 4 unspecified atom stereocenters. The maximum Gasteiger partial charge on any atom is 0.237 e. The lowest BCUT2D eigenvalue weighted by Gasteiger charge is -2.31. The Morgan fingerprint density at radius 1 is 1.02 bits per heavy atom. The summed E-state index contributed by atoms with van der Waals surface area (Å²) in [5, 5.41) is 11.0. The van der Waals surface area contributed by atoms with Gasteiger partial charge in [-0.15, -0.1) is 5.10 Å². The van der Waals surface area contributed by atoms with Crippen LogP contribution in [0.25, 0.3) is 11.3 Å². The van der Waals surface area contributed by atoms with Gasteiger partial charge in [-0.3, -0.25) is 19.3 Å². The molecule has 0 spiro atoms. The Labute approximate surface area is 238 Å². The Balaban J connectivity index is 1.39. The smallest absolute Gasteiger partial charge is 0.237 e. The molecule has 5 rings (SSSR count). The SMILES string of the molecule is CC1C=CC2C(=O)N(C(C)C)C(=O)C2C1C(=O)Nc1ccc(F)c(-c2cn([C@@H](C)c3ccc(Br)cc3F)nn2)c1. The van der Waals surface area contributed by atoms with E-state index >= 15 is 0 Å². The minimum absolute atomic E-state index is 0.0973. The number of benzene rings is 2. The van der Waals surface area contributed by atoms with Crippen molar-refractivity contribution in [1.82, 2.24) is 19.9 Å². The van der Waals surface area contributed by atoms with Crippen molar-refractivity contribution in [1.29, 1.82) is 0 Å². The highest BCUT2D eigenvalue weighted by Gasteiger charge is 2.55. The summed E-state index contributed by atoms with van der Waals surface area (Å²) in [5.74, 6) is -4.61. The molecule has 8 nitrogen and oxygen atoms in total. The number of anilines is 1. The normalized spacial score (nSPS) is 23.1. The fourth-order valence-corrected chi connectivity index (χ4v) is 5.90. The number of nitrogens with zero attached hydrogens (tertiary/aromatic N) is 4. The van der Waals surface area contributed by atoms with Crippen LogP contribution < -0.4 is 5.32 Å². The first-order valence-corrected chi connectivity index (χ1v) is 13.8. The Hall–Kier alpha value is -3.73. The number of fused-ring (bicyclic) bond motifs is 1. The number of likely N-dealkylation sites (tertiary alicyclic amines) is 1. The monoisotopic (exact) mass is 611 g/mol. The van der Waals surface area contributed by atoms with Gasteiger partial charge in [0.1, 0.15) is 17.3 Å². The van der Waals surface area contributed by atoms with E-state index in [0.717, 1.165) is 0 Å². The van der Waals surface area contributed by atoms with Gasteiger partial charge in [0.05, 0.1) is 30.0 Å². The first kappa shape index (κ1) is 27.8. The highest BCUT2D eigenvalue weighted by Crippen LogP contribution is 2.42. The number of imide groups is 1. The molecular weight excluding hydrogens is 584 g/mol. The van der Waals surface area contributed by atoms with E-state index in [2.05, 4.69) is 31.6 Å². The highest BCUT2D eigenvalue weighted by atomic mass is 79.9. The maximum atomic E-state index is 14.9. The second-order valence-corrected chi connectivity index (χ2v) is 11.5. The molecule has 1 aliphatic heterocycles. The van der Waals surface area contributed by atoms with Gasteiger partial charge in [-0.2, -0.15) is 0 Å². The van der Waals surface area contributed by atoms with Crippen molar-refractivity contribution in [2.45, 2.75) is 39.8 Å². The van der Waals surface area contributed by atoms with Crippen molar-refractivity contribution in [3.05, 3.63) is 76.4 Å². The molecule has 40 heavy (non-hydrogen) atoms. The Morgan fingerprint density at radius 2 is 1.77 bits per heavy atom. The molecule has 1 fully saturated rings. The zero-order chi connectivity index (χ0) is 28.9. The third kappa shape index (κ3) is 4.87. The van der Waals surface area contributed by atoms with Gasteiger partial charge >= 0.3 is 0 Å². The number of nitrogens with one attached hydrogen (secondary N) is 1. The van der Waals surface area contributed by atoms with E-state index < -0.39 is 41.3 Å². The molecule has 1 saturated heterocycles. The molecule has 0 bridgehead atoms. The molecular formula is C29H28BrF2N5O3. The minimum Gasteiger partial charge on any atom is -0.326 e. The minimum atomic E-state index is -0.796. The third-order valence-corrected chi connectivity index (χ3v) is 8.15. The van der Waals surface area contributed by atoms with E-state index in [1.54, 1.807) is 45.1 Å². The summed E-state index contributed by atoms with van der Waals surface area (Å²) in [6.07, 6.45) is 5.03. The number of amides is 3. The van der Waals surface area contributed by atoms with E-state index in [9.17, 15) is 23.2 Å². The molecule has 1 N–H and O–H groups in total. The molecule has 0 saturated carbocycles. The number of hydrogen-bond donors (Lipinski definition) is 1. The third-order valence-electron chi connectivity index (χ3n) is 7.66. The van der Waals surface area contributed by atoms with Crippen LogP contribution in [0.3, 0.4) is 0 Å². The van der Waals surface area contributed by atoms with E-state index in [-0.39, 0.29) is 35.0 Å². The molecule has 3 aromatic rings. The lowest BCUT2D eigenvalue weighted by atomic mass is 9.71. The van der Waals surface area contributed by atoms with E-state index in [1.165, 1.54) is 40.0 Å². The van der Waals surface area contributed by atoms with Crippen LogP contribution in [0, 0.1) is 35.3 Å². The van der Waals surface area contributed by atoms with E-state index in [4.69, 9.17) is 0 Å². The largest absolute Gasteiger partial charge is 0.326 e. The average Bonchev–Trinajstić information content (AvgIpc) is 3.48. The standard InChI is InChI=1S/C29H28BrF2N5O3/c1-14(2)37-28(39)20-8-5-15(3)25(26(20)29(37)40)27(38)33-18-7-10-22(31)21(12-18)24-13-36(35-34-24)16(4)19-9-6-17(30)11-23(19)32/h5-16,20,25-26H,1-4H3,(H,33,38)/t15?,16-,20?,25?,26?/m0/s1. The van der Waals surface area contributed by atoms with Crippen LogP contribution in [-0.4, -0.2) is 43.7 Å². The molecule has 208 valence electrons. The van der Waals surface area contributed by atoms with Crippen LogP contribution >= 0.6 is 15.9 Å². The number of hydrogen-bond acceptors (Lipinski definition) is 5. The lowest BCUT2D eigenvalue weighted by molar-refractivity contribution is -0.143. The summed E-state index contributed by atoms with van der Waals surface area (Å²) >= 11 is 3.24. The Kier molecular flexibility index (Phi) is 7.43. The number of rotatable bonds is 6. The Bertz CT molecular complexity index is 1540. The van der Waals surface area contributed by atoms with Crippen LogP contribution in [0.4, 0.5) is 14.5 Å². The zero-order valence-electron chi connectivity index (χ0n) is 22.3. The lowest BCUT2D eigenvalue weighted by Crippen LogP contribution is -2.42. The van der Waals surface area contributed by atoms with Crippen molar-refractivity contribution in [2.24, 2.45) is 23.7 Å². The van der Waals surface area contributed by atoms with Gasteiger partial charge in [0.15, 0.2) is 0 Å². The van der Waals surface area contributed by atoms with Gasteiger partial charge in [-0.1, -0.05) is 46.3 Å². The summed E-state index contributed by atoms with van der Waals surface area (Å²) < 4.78 is 31.4. The van der Waals surface area contributed by atoms with Gasteiger partial charge in [-0.05, 0) is 57.0 Å². The highest BCUT2D eigenvalue weighted by molar-refractivity contribution is 9.10. The molecule has 3 amide bonds. The molecule has 2 aliphatic rings. The second-order valence-electron chi connectivity index (χ2n) is 10.6. The van der Waals surface area contributed by atoms with Crippen molar-refractivity contribution >= 4 is 39.3 Å². The molecule has 1 aromatic heterocycles. The van der Waals surface area contributed by atoms with E-state index in [0.29, 0.717) is 15.7 Å². The molecule has 5 atom stereocenters. The molecule has 0 radical (unpaired) electrons. The zero-order valence-corrected chi connectivity index (χ0v) is 23.9. The first-order valence-electron chi connectivity index (χ1n) is 13.0. The predicted octanol–water partition coefficient (Wildman–Crippen LogP) is 5.37. The number of allylic oxidation sites excluding steroid dienone is 1. The average molecular weight is 612 g/mol. The molecule has 2 heterocycles. The van der Waals surface area contributed by atoms with Gasteiger partial charge < -0.3 is 5.32 Å². The van der Waals surface area contributed by atoms with Gasteiger partial charge in [0.25, 0.3) is 0 Å². The van der Waals surface area contributed by atoms with Crippen LogP contribution in [0.2, 0.25) is 0 Å². The molecule has 1 aliphatic carbocycles. The van der Waals surface area contributed by atoms with E-state index in [1.807, 2.05) is 6.92 Å². The molecule has 2 aromatic carbocycles. The topological polar surface area (TPSA) is 97.2 Å². The van der Waals surface area contributed by atoms with Crippen LogP contribution in [-0.2, 0) is 14.4 Å². The predicted molar refractivity (Wildman–Crippen MR) is 148 cm³/mol. The number of carbonyl (C=O) groups excluding carboxylic acids is 3.